The summed E-state index contributed by atoms with van der Waals surface area (Å²) < 4.78 is 122. The van der Waals surface area contributed by atoms with Gasteiger partial charge >= 0.3 is 11.0 Å². The summed E-state index contributed by atoms with van der Waals surface area (Å²) >= 11 is 3.63. The van der Waals surface area contributed by atoms with E-state index < -0.39 is 31.3 Å². The Hall–Kier alpha value is -2.52. The predicted octanol–water partition coefficient (Wildman–Crippen LogP) is 3.54. The summed E-state index contributed by atoms with van der Waals surface area (Å²) in [6.07, 6.45) is 21.5. The second kappa shape index (κ2) is 15.7. The Morgan fingerprint density at radius 1 is 0.659 bits per heavy atom. The van der Waals surface area contributed by atoms with Gasteiger partial charge in [0.2, 0.25) is 11.4 Å². The SMILES string of the molecule is CSC1NC2=CC=C(C)C=CC2=[N+]1C.CSC1NC2=CC=C(C)C=CC2=[N+]1C.O=S(=O)([O-])C(F)(F)F.O=S(=O)([O-])C(F)(F)F. The van der Waals surface area contributed by atoms with Gasteiger partial charge in [-0.3, -0.25) is 0 Å². The largest absolute Gasteiger partial charge is 0.741 e. The van der Waals surface area contributed by atoms with Crippen molar-refractivity contribution in [1.82, 2.24) is 10.6 Å². The first-order valence-electron chi connectivity index (χ1n) is 11.9. The van der Waals surface area contributed by atoms with Crippen molar-refractivity contribution < 1.29 is 61.4 Å². The summed E-state index contributed by atoms with van der Waals surface area (Å²) in [5.41, 5.74) is -2.99. The smallest absolute Gasteiger partial charge is 0.485 e. The van der Waals surface area contributed by atoms with Crippen molar-refractivity contribution >= 4 is 55.2 Å². The van der Waals surface area contributed by atoms with Gasteiger partial charge in [-0.25, -0.2) is 16.8 Å². The van der Waals surface area contributed by atoms with Gasteiger partial charge in [0.05, 0.1) is 0 Å². The van der Waals surface area contributed by atoms with Crippen LogP contribution in [0.4, 0.5) is 26.3 Å². The number of fused-ring (bicyclic) bond motifs is 2. The lowest BCUT2D eigenvalue weighted by molar-refractivity contribution is -0.507. The van der Waals surface area contributed by atoms with E-state index >= 15 is 0 Å². The van der Waals surface area contributed by atoms with Gasteiger partial charge in [-0.05, 0) is 38.5 Å². The molecule has 44 heavy (non-hydrogen) atoms. The molecule has 0 aromatic rings. The molecule has 0 fully saturated rings. The molecule has 0 amide bonds. The molecule has 248 valence electrons. The zero-order valence-corrected chi connectivity index (χ0v) is 27.3. The molecule has 0 saturated heterocycles. The van der Waals surface area contributed by atoms with Crippen LogP contribution in [-0.4, -0.2) is 95.1 Å². The fourth-order valence-electron chi connectivity index (χ4n) is 3.32. The fourth-order valence-corrected chi connectivity index (χ4v) is 4.67. The molecule has 2 unspecified atom stereocenters. The molecule has 20 heteroatoms. The highest BCUT2D eigenvalue weighted by molar-refractivity contribution is 7.99. The Labute approximate surface area is 260 Å². The molecule has 2 heterocycles. The highest BCUT2D eigenvalue weighted by atomic mass is 32.2. The lowest BCUT2D eigenvalue weighted by Crippen LogP contribution is -2.25. The molecule has 0 bridgehead atoms. The maximum atomic E-state index is 10.7. The number of allylic oxidation sites excluding steroid dienone is 10. The molecular weight excluding hydrogens is 683 g/mol. The van der Waals surface area contributed by atoms with Crippen LogP contribution in [0.1, 0.15) is 13.8 Å². The minimum atomic E-state index is -6.09. The third-order valence-electron chi connectivity index (χ3n) is 5.62. The van der Waals surface area contributed by atoms with Crippen LogP contribution in [0.25, 0.3) is 0 Å². The van der Waals surface area contributed by atoms with Gasteiger partial charge < -0.3 is 19.7 Å². The van der Waals surface area contributed by atoms with E-state index in [1.54, 1.807) is 0 Å². The molecule has 2 N–H and O–H groups in total. The third kappa shape index (κ3) is 11.4. The number of alkyl halides is 6. The molecule has 2 aliphatic heterocycles. The molecular formula is C24H30F6N4O6S4. The van der Waals surface area contributed by atoms with Crippen LogP contribution >= 0.6 is 23.5 Å². The maximum Gasteiger partial charge on any atom is 0.485 e. The van der Waals surface area contributed by atoms with E-state index in [9.17, 15) is 26.3 Å². The van der Waals surface area contributed by atoms with E-state index in [2.05, 4.69) is 109 Å². The summed E-state index contributed by atoms with van der Waals surface area (Å²) in [5.74, 6) is 0. The number of halogens is 6. The average Bonchev–Trinajstić information content (AvgIpc) is 3.18. The van der Waals surface area contributed by atoms with Crippen molar-refractivity contribution in [3.05, 3.63) is 71.1 Å². The molecule has 2 aliphatic carbocycles. The Kier molecular flexibility index (Phi) is 14.1. The van der Waals surface area contributed by atoms with Crippen molar-refractivity contribution in [2.45, 2.75) is 35.9 Å². The third-order valence-corrected chi connectivity index (χ3v) is 8.52. The van der Waals surface area contributed by atoms with Crippen molar-refractivity contribution in [1.29, 1.82) is 0 Å². The van der Waals surface area contributed by atoms with Crippen molar-refractivity contribution in [3.8, 4) is 0 Å². The highest BCUT2D eigenvalue weighted by Crippen LogP contribution is 2.22. The Morgan fingerprint density at radius 3 is 1.16 bits per heavy atom. The standard InChI is InChI=1S/2C11H14N2S.2CHF3O3S/c2*1-8-4-6-9-10(7-5-8)13(2)11(12-9)14-3;2*2-1(3,4)8(5,6)7/h2*4-7,11H,1-3H3;2*(H,5,6,7). The zero-order valence-electron chi connectivity index (χ0n) is 24.0. The number of thioether (sulfide) groups is 2. The van der Waals surface area contributed by atoms with Gasteiger partial charge in [0.1, 0.15) is 25.5 Å². The van der Waals surface area contributed by atoms with Gasteiger partial charge in [0.15, 0.2) is 20.2 Å². The molecule has 0 aromatic heterocycles. The number of hydrogen-bond donors (Lipinski definition) is 2. The molecule has 4 rings (SSSR count). The number of rotatable bonds is 2. The van der Waals surface area contributed by atoms with Gasteiger partial charge in [-0.1, -0.05) is 59.0 Å². The first kappa shape index (κ1) is 39.5. The molecule has 4 aliphatic rings. The molecule has 10 nitrogen and oxygen atoms in total. The molecule has 2 atom stereocenters. The van der Waals surface area contributed by atoms with Crippen LogP contribution in [0.2, 0.25) is 0 Å². The van der Waals surface area contributed by atoms with Crippen molar-refractivity contribution in [2.24, 2.45) is 0 Å². The van der Waals surface area contributed by atoms with Crippen LogP contribution in [0.15, 0.2) is 71.1 Å². The first-order chi connectivity index (χ1) is 19.9. The van der Waals surface area contributed by atoms with Gasteiger partial charge in [0, 0.05) is 12.2 Å². The van der Waals surface area contributed by atoms with E-state index in [1.807, 2.05) is 23.5 Å². The monoisotopic (exact) mass is 712 g/mol. The minimum Gasteiger partial charge on any atom is -0.741 e. The lowest BCUT2D eigenvalue weighted by atomic mass is 10.2. The topological polar surface area (TPSA) is 144 Å². The summed E-state index contributed by atoms with van der Waals surface area (Å²) in [7, 11) is -7.94. The normalized spacial score (nSPS) is 21.1. The van der Waals surface area contributed by atoms with Crippen LogP contribution in [-0.2, 0) is 20.2 Å². The average molecular weight is 713 g/mol. The van der Waals surface area contributed by atoms with E-state index in [0.717, 1.165) is 0 Å². The van der Waals surface area contributed by atoms with Gasteiger partial charge in [-0.2, -0.15) is 35.5 Å². The summed E-state index contributed by atoms with van der Waals surface area (Å²) in [6, 6.07) is 0. The molecule has 0 aromatic carbocycles. The zero-order chi connectivity index (χ0) is 34.3. The molecule has 0 spiro atoms. The van der Waals surface area contributed by atoms with Gasteiger partial charge in [0.25, 0.3) is 11.0 Å². The van der Waals surface area contributed by atoms with Gasteiger partial charge in [-0.15, -0.1) is 0 Å². The van der Waals surface area contributed by atoms with Crippen LogP contribution in [0, 0.1) is 0 Å². The van der Waals surface area contributed by atoms with Crippen molar-refractivity contribution in [2.75, 3.05) is 26.6 Å². The fraction of sp³-hybridized carbons (Fsp3) is 0.417. The van der Waals surface area contributed by atoms with E-state index in [-0.39, 0.29) is 0 Å². The number of hydrogen-bond acceptors (Lipinski definition) is 10. The molecule has 0 radical (unpaired) electrons. The van der Waals surface area contributed by atoms with Crippen molar-refractivity contribution in [3.63, 3.8) is 0 Å². The van der Waals surface area contributed by atoms with E-state index in [4.69, 9.17) is 25.9 Å². The van der Waals surface area contributed by atoms with E-state index in [1.165, 1.54) is 34.0 Å². The number of nitrogens with zero attached hydrogens (tertiary/aromatic N) is 2. The summed E-state index contributed by atoms with van der Waals surface area (Å²) in [5, 5.41) is 6.94. The van der Waals surface area contributed by atoms with E-state index in [0.29, 0.717) is 11.0 Å². The van der Waals surface area contributed by atoms with Crippen LogP contribution in [0.5, 0.6) is 0 Å². The van der Waals surface area contributed by atoms with Crippen LogP contribution < -0.4 is 10.6 Å². The number of nitrogens with one attached hydrogen (secondary N) is 2. The first-order valence-corrected chi connectivity index (χ1v) is 17.3. The Morgan fingerprint density at radius 2 is 0.932 bits per heavy atom. The van der Waals surface area contributed by atoms with Crippen LogP contribution in [0.3, 0.4) is 0 Å². The summed E-state index contributed by atoms with van der Waals surface area (Å²) in [4.78, 5) is 0. The Balaban J connectivity index is 0.000000306. The predicted molar refractivity (Wildman–Crippen MR) is 157 cm³/mol. The lowest BCUT2D eigenvalue weighted by Gasteiger charge is -2.08. The highest BCUT2D eigenvalue weighted by Gasteiger charge is 2.37. The Bertz CT molecular complexity index is 1440. The summed E-state index contributed by atoms with van der Waals surface area (Å²) in [6.45, 7) is 4.22. The quantitative estimate of drug-likeness (QED) is 0.189. The minimum absolute atomic E-state index is 0.368. The molecule has 0 saturated carbocycles. The second-order valence-electron chi connectivity index (χ2n) is 8.91. The second-order valence-corrected chi connectivity index (χ2v) is 13.5. The maximum absolute atomic E-state index is 10.7.